The highest BCUT2D eigenvalue weighted by atomic mass is 16.7. The lowest BCUT2D eigenvalue weighted by Gasteiger charge is -2.13. The Balaban J connectivity index is 2.04. The summed E-state index contributed by atoms with van der Waals surface area (Å²) < 4.78 is 19.8. The molecule has 0 saturated carbocycles. The van der Waals surface area contributed by atoms with Crippen molar-refractivity contribution in [1.82, 2.24) is 5.43 Å². The molecule has 0 spiro atoms. The van der Waals surface area contributed by atoms with Crippen molar-refractivity contribution < 1.29 is 28.5 Å². The van der Waals surface area contributed by atoms with E-state index >= 15 is 0 Å². The van der Waals surface area contributed by atoms with Gasteiger partial charge in [0.2, 0.25) is 0 Å². The summed E-state index contributed by atoms with van der Waals surface area (Å²) in [7, 11) is 4.10. The average molecular weight is 372 g/mol. The molecule has 1 atom stereocenters. The minimum Gasteiger partial charge on any atom is -0.493 e. The molecule has 2 rings (SSSR count). The molecule has 8 heteroatoms. The van der Waals surface area contributed by atoms with E-state index in [2.05, 4.69) is 15.3 Å². The summed E-state index contributed by atoms with van der Waals surface area (Å²) in [5, 5.41) is 3.93. The van der Waals surface area contributed by atoms with Crippen LogP contribution in [0.25, 0.3) is 0 Å². The number of ether oxygens (including phenoxy) is 4. The SMILES string of the molecule is COC(=O)Oc1ccc(/C=N/NC(=O)C(OC)c2ccccc2)cc1OC. The summed E-state index contributed by atoms with van der Waals surface area (Å²) in [6.07, 6.45) is -0.192. The maximum absolute atomic E-state index is 12.3. The molecule has 0 aliphatic carbocycles. The van der Waals surface area contributed by atoms with Crippen LogP contribution in [0.4, 0.5) is 4.79 Å². The van der Waals surface area contributed by atoms with Crippen LogP contribution in [0, 0.1) is 0 Å². The fourth-order valence-electron chi connectivity index (χ4n) is 2.23. The molecule has 1 N–H and O–H groups in total. The number of rotatable bonds is 7. The predicted octanol–water partition coefficient (Wildman–Crippen LogP) is 2.68. The lowest BCUT2D eigenvalue weighted by atomic mass is 10.1. The van der Waals surface area contributed by atoms with E-state index in [0.717, 1.165) is 5.56 Å². The Kier molecular flexibility index (Phi) is 7.33. The average Bonchev–Trinajstić information content (AvgIpc) is 2.70. The number of nitrogens with zero attached hydrogens (tertiary/aromatic N) is 1. The van der Waals surface area contributed by atoms with E-state index in [9.17, 15) is 9.59 Å². The molecule has 1 unspecified atom stereocenters. The predicted molar refractivity (Wildman–Crippen MR) is 98.0 cm³/mol. The summed E-state index contributed by atoms with van der Waals surface area (Å²) in [5.41, 5.74) is 3.78. The van der Waals surface area contributed by atoms with E-state index in [4.69, 9.17) is 14.2 Å². The van der Waals surface area contributed by atoms with Crippen molar-refractivity contribution in [2.75, 3.05) is 21.3 Å². The lowest BCUT2D eigenvalue weighted by Crippen LogP contribution is -2.26. The third-order valence-electron chi connectivity index (χ3n) is 3.51. The van der Waals surface area contributed by atoms with Crippen molar-refractivity contribution in [3.8, 4) is 11.5 Å². The van der Waals surface area contributed by atoms with Crippen LogP contribution < -0.4 is 14.9 Å². The second kappa shape index (κ2) is 9.93. The molecule has 0 saturated heterocycles. The van der Waals surface area contributed by atoms with Gasteiger partial charge in [0.05, 0.1) is 20.4 Å². The number of methoxy groups -OCH3 is 3. The van der Waals surface area contributed by atoms with Crippen molar-refractivity contribution in [1.29, 1.82) is 0 Å². The van der Waals surface area contributed by atoms with Gasteiger partial charge in [-0.3, -0.25) is 4.79 Å². The molecule has 8 nitrogen and oxygen atoms in total. The van der Waals surface area contributed by atoms with E-state index in [1.807, 2.05) is 18.2 Å². The van der Waals surface area contributed by atoms with Crippen molar-refractivity contribution >= 4 is 18.3 Å². The third-order valence-corrected chi connectivity index (χ3v) is 3.51. The highest BCUT2D eigenvalue weighted by Gasteiger charge is 2.19. The standard InChI is InChI=1S/C19H20N2O6/c1-24-16-11-13(9-10-15(16)27-19(23)26-3)12-20-21-18(22)17(25-2)14-7-5-4-6-8-14/h4-12,17H,1-3H3,(H,21,22)/b20-12+. The highest BCUT2D eigenvalue weighted by Crippen LogP contribution is 2.27. The summed E-state index contributed by atoms with van der Waals surface area (Å²) in [6, 6.07) is 13.9. The molecule has 0 aliphatic rings. The van der Waals surface area contributed by atoms with Gasteiger partial charge in [0.1, 0.15) is 0 Å². The van der Waals surface area contributed by atoms with Crippen LogP contribution in [0.2, 0.25) is 0 Å². The Morgan fingerprint density at radius 2 is 1.78 bits per heavy atom. The number of benzene rings is 2. The Morgan fingerprint density at radius 1 is 1.04 bits per heavy atom. The van der Waals surface area contributed by atoms with Gasteiger partial charge in [-0.2, -0.15) is 5.10 Å². The smallest absolute Gasteiger partial charge is 0.493 e. The molecular weight excluding hydrogens is 352 g/mol. The molecule has 1 amide bonds. The first-order valence-electron chi connectivity index (χ1n) is 7.93. The highest BCUT2D eigenvalue weighted by molar-refractivity contribution is 5.85. The molecule has 0 heterocycles. The van der Waals surface area contributed by atoms with Gasteiger partial charge in [-0.05, 0) is 29.3 Å². The molecule has 0 bridgehead atoms. The summed E-state index contributed by atoms with van der Waals surface area (Å²) in [6.45, 7) is 0. The van der Waals surface area contributed by atoms with Crippen LogP contribution in [-0.2, 0) is 14.3 Å². The number of hydrogen-bond donors (Lipinski definition) is 1. The topological polar surface area (TPSA) is 95.5 Å². The normalized spacial score (nSPS) is 11.7. The van der Waals surface area contributed by atoms with Gasteiger partial charge >= 0.3 is 6.16 Å². The fourth-order valence-corrected chi connectivity index (χ4v) is 2.23. The number of hydrazone groups is 1. The molecule has 0 fully saturated rings. The van der Waals surface area contributed by atoms with Crippen molar-refractivity contribution in [3.05, 3.63) is 59.7 Å². The molecule has 0 aromatic heterocycles. The summed E-state index contributed by atoms with van der Waals surface area (Å²) in [5.74, 6) is 0.112. The maximum atomic E-state index is 12.3. The molecule has 27 heavy (non-hydrogen) atoms. The second-order valence-electron chi connectivity index (χ2n) is 5.23. The molecule has 142 valence electrons. The van der Waals surface area contributed by atoms with Gasteiger partial charge in [0, 0.05) is 7.11 Å². The van der Waals surface area contributed by atoms with Crippen molar-refractivity contribution in [2.24, 2.45) is 5.10 Å². The van der Waals surface area contributed by atoms with Gasteiger partial charge in [0.25, 0.3) is 5.91 Å². The second-order valence-corrected chi connectivity index (χ2v) is 5.23. The third kappa shape index (κ3) is 5.55. The minimum atomic E-state index is -0.853. The van der Waals surface area contributed by atoms with Gasteiger partial charge < -0.3 is 18.9 Å². The molecular formula is C19H20N2O6. The van der Waals surface area contributed by atoms with Crippen LogP contribution in [0.5, 0.6) is 11.5 Å². The first kappa shape index (κ1) is 19.9. The molecule has 0 radical (unpaired) electrons. The lowest BCUT2D eigenvalue weighted by molar-refractivity contribution is -0.131. The quantitative estimate of drug-likeness (QED) is 0.347. The number of amides is 1. The Hall–Kier alpha value is -3.39. The fraction of sp³-hybridized carbons (Fsp3) is 0.211. The number of hydrogen-bond acceptors (Lipinski definition) is 7. The number of nitrogens with one attached hydrogen (secondary N) is 1. The zero-order valence-electron chi connectivity index (χ0n) is 15.2. The first-order chi connectivity index (χ1) is 13.1. The van der Waals surface area contributed by atoms with Crippen LogP contribution in [0.3, 0.4) is 0 Å². The summed E-state index contributed by atoms with van der Waals surface area (Å²) >= 11 is 0. The van der Waals surface area contributed by atoms with E-state index in [1.54, 1.807) is 24.3 Å². The maximum Gasteiger partial charge on any atom is 0.513 e. The largest absolute Gasteiger partial charge is 0.513 e. The van der Waals surface area contributed by atoms with E-state index < -0.39 is 18.2 Å². The van der Waals surface area contributed by atoms with Crippen molar-refractivity contribution in [2.45, 2.75) is 6.10 Å². The van der Waals surface area contributed by atoms with Crippen LogP contribution in [0.1, 0.15) is 17.2 Å². The summed E-state index contributed by atoms with van der Waals surface area (Å²) in [4.78, 5) is 23.5. The van der Waals surface area contributed by atoms with Crippen molar-refractivity contribution in [3.63, 3.8) is 0 Å². The van der Waals surface area contributed by atoms with Gasteiger partial charge in [-0.15, -0.1) is 0 Å². The Bertz CT molecular complexity index is 807. The van der Waals surface area contributed by atoms with Gasteiger partial charge in [-0.1, -0.05) is 30.3 Å². The van der Waals surface area contributed by atoms with Gasteiger partial charge in [0.15, 0.2) is 17.6 Å². The van der Waals surface area contributed by atoms with Crippen LogP contribution in [0.15, 0.2) is 53.6 Å². The Morgan fingerprint density at radius 3 is 2.41 bits per heavy atom. The van der Waals surface area contributed by atoms with Gasteiger partial charge in [-0.25, -0.2) is 10.2 Å². The number of carbonyl (C=O) groups excluding carboxylic acids is 2. The number of carbonyl (C=O) groups is 2. The molecule has 2 aromatic rings. The first-order valence-corrected chi connectivity index (χ1v) is 7.93. The zero-order chi connectivity index (χ0) is 19.6. The zero-order valence-corrected chi connectivity index (χ0v) is 15.2. The van der Waals surface area contributed by atoms with Crippen LogP contribution >= 0.6 is 0 Å². The molecule has 0 aliphatic heterocycles. The van der Waals surface area contributed by atoms with E-state index in [1.165, 1.54) is 33.6 Å². The Labute approximate surface area is 156 Å². The van der Waals surface area contributed by atoms with Crippen LogP contribution in [-0.4, -0.2) is 39.6 Å². The van der Waals surface area contributed by atoms with E-state index in [-0.39, 0.29) is 5.75 Å². The molecule has 2 aromatic carbocycles. The van der Waals surface area contributed by atoms with E-state index in [0.29, 0.717) is 11.3 Å². The minimum absolute atomic E-state index is 0.203. The monoisotopic (exact) mass is 372 g/mol.